The van der Waals surface area contributed by atoms with Gasteiger partial charge < -0.3 is 19.5 Å². The Kier molecular flexibility index (Phi) is 4.58. The zero-order valence-corrected chi connectivity index (χ0v) is 11.2. The van der Waals surface area contributed by atoms with Crippen LogP contribution in [0, 0.1) is 0 Å². The first-order valence-electron chi connectivity index (χ1n) is 6.29. The van der Waals surface area contributed by atoms with Gasteiger partial charge in [0.05, 0.1) is 12.6 Å². The van der Waals surface area contributed by atoms with Crippen LogP contribution in [0.25, 0.3) is 0 Å². The fraction of sp³-hybridized carbons (Fsp3) is 0.571. The molecule has 2 atom stereocenters. The predicted octanol–water partition coefficient (Wildman–Crippen LogP) is 2.11. The maximum atomic E-state index is 5.65. The van der Waals surface area contributed by atoms with Crippen molar-refractivity contribution in [1.29, 1.82) is 0 Å². The number of benzene rings is 1. The molecule has 1 aromatic carbocycles. The molecule has 1 aromatic rings. The molecule has 0 spiro atoms. The molecule has 2 rings (SSSR count). The van der Waals surface area contributed by atoms with Crippen molar-refractivity contribution in [2.45, 2.75) is 31.7 Å². The Balaban J connectivity index is 2.07. The molecule has 0 radical (unpaired) electrons. The minimum atomic E-state index is -0.236. The molecular weight excluding hydrogens is 230 g/mol. The molecule has 0 aliphatic carbocycles. The summed E-state index contributed by atoms with van der Waals surface area (Å²) >= 11 is 0. The van der Waals surface area contributed by atoms with Crippen LogP contribution in [0.3, 0.4) is 0 Å². The van der Waals surface area contributed by atoms with Crippen LogP contribution in [-0.2, 0) is 9.47 Å². The third-order valence-corrected chi connectivity index (χ3v) is 3.30. The van der Waals surface area contributed by atoms with E-state index in [0.717, 1.165) is 18.8 Å². The Morgan fingerprint density at radius 1 is 1.28 bits per heavy atom. The minimum Gasteiger partial charge on any atom is -0.493 e. The zero-order chi connectivity index (χ0) is 13.0. The Labute approximate surface area is 108 Å². The molecule has 4 nitrogen and oxygen atoms in total. The second kappa shape index (κ2) is 6.18. The Hall–Kier alpha value is -1.10. The van der Waals surface area contributed by atoms with E-state index >= 15 is 0 Å². The number of rotatable bonds is 5. The fourth-order valence-electron chi connectivity index (χ4n) is 2.42. The summed E-state index contributed by atoms with van der Waals surface area (Å²) in [5.74, 6) is 0.972. The molecule has 1 heterocycles. The Bertz CT molecular complexity index is 379. The first-order chi connectivity index (χ1) is 8.76. The van der Waals surface area contributed by atoms with Gasteiger partial charge in [0, 0.05) is 32.2 Å². The zero-order valence-electron chi connectivity index (χ0n) is 11.2. The van der Waals surface area contributed by atoms with Gasteiger partial charge in [-0.15, -0.1) is 0 Å². The minimum absolute atomic E-state index is 0.121. The van der Waals surface area contributed by atoms with Crippen LogP contribution >= 0.6 is 0 Å². The summed E-state index contributed by atoms with van der Waals surface area (Å²) in [7, 11) is 3.31. The molecule has 100 valence electrons. The van der Waals surface area contributed by atoms with Crippen molar-refractivity contribution >= 4 is 0 Å². The average molecular weight is 251 g/mol. The van der Waals surface area contributed by atoms with Gasteiger partial charge in [-0.1, -0.05) is 18.2 Å². The van der Waals surface area contributed by atoms with Gasteiger partial charge in [0.15, 0.2) is 6.29 Å². The lowest BCUT2D eigenvalue weighted by atomic mass is 10.00. The predicted molar refractivity (Wildman–Crippen MR) is 69.7 cm³/mol. The molecule has 1 aliphatic rings. The summed E-state index contributed by atoms with van der Waals surface area (Å²) in [6.45, 7) is 2.81. The molecule has 0 saturated carbocycles. The van der Waals surface area contributed by atoms with E-state index in [2.05, 4.69) is 18.3 Å². The van der Waals surface area contributed by atoms with E-state index in [0.29, 0.717) is 0 Å². The summed E-state index contributed by atoms with van der Waals surface area (Å²) in [5, 5.41) is 3.55. The largest absolute Gasteiger partial charge is 0.493 e. The van der Waals surface area contributed by atoms with Gasteiger partial charge in [-0.3, -0.25) is 0 Å². The van der Waals surface area contributed by atoms with Gasteiger partial charge in [0.2, 0.25) is 0 Å². The monoisotopic (exact) mass is 251 g/mol. The molecule has 4 heteroatoms. The first-order valence-corrected chi connectivity index (χ1v) is 6.29. The summed E-state index contributed by atoms with van der Waals surface area (Å²) in [5.41, 5.74) is 1.21. The van der Waals surface area contributed by atoms with Crippen LogP contribution < -0.4 is 10.1 Å². The number of methoxy groups -OCH3 is 2. The number of para-hydroxylation sites is 1. The maximum absolute atomic E-state index is 5.65. The van der Waals surface area contributed by atoms with Crippen molar-refractivity contribution in [2.24, 2.45) is 0 Å². The van der Waals surface area contributed by atoms with Crippen molar-refractivity contribution in [3.05, 3.63) is 29.8 Å². The molecule has 0 bridgehead atoms. The Morgan fingerprint density at radius 3 is 2.72 bits per heavy atom. The second-order valence-electron chi connectivity index (χ2n) is 4.52. The van der Waals surface area contributed by atoms with E-state index < -0.39 is 0 Å². The first kappa shape index (κ1) is 13.3. The van der Waals surface area contributed by atoms with Crippen molar-refractivity contribution in [1.82, 2.24) is 5.32 Å². The van der Waals surface area contributed by atoms with E-state index in [1.165, 1.54) is 5.56 Å². The van der Waals surface area contributed by atoms with E-state index in [1.807, 2.05) is 18.2 Å². The smallest absolute Gasteiger partial charge is 0.171 e. The lowest BCUT2D eigenvalue weighted by molar-refractivity contribution is -0.121. The molecule has 0 fully saturated rings. The number of ether oxygens (including phenoxy) is 3. The summed E-state index contributed by atoms with van der Waals surface area (Å²) in [6.07, 6.45) is 0.724. The van der Waals surface area contributed by atoms with Crippen LogP contribution in [0.4, 0.5) is 0 Å². The van der Waals surface area contributed by atoms with Crippen LogP contribution in [0.5, 0.6) is 5.75 Å². The van der Waals surface area contributed by atoms with Gasteiger partial charge >= 0.3 is 0 Å². The molecule has 2 unspecified atom stereocenters. The fourth-order valence-corrected chi connectivity index (χ4v) is 2.42. The number of fused-ring (bicyclic) bond motifs is 1. The van der Waals surface area contributed by atoms with Crippen LogP contribution in [0.15, 0.2) is 24.3 Å². The highest BCUT2D eigenvalue weighted by atomic mass is 16.7. The summed E-state index contributed by atoms with van der Waals surface area (Å²) in [4.78, 5) is 0. The third-order valence-electron chi connectivity index (χ3n) is 3.30. The normalized spacial score (nSPS) is 20.3. The number of hydrogen-bond acceptors (Lipinski definition) is 4. The lowest BCUT2D eigenvalue weighted by Crippen LogP contribution is -2.42. The molecule has 0 amide bonds. The number of hydrogen-bond donors (Lipinski definition) is 1. The van der Waals surface area contributed by atoms with Crippen LogP contribution in [0.1, 0.15) is 24.9 Å². The second-order valence-corrected chi connectivity index (χ2v) is 4.52. The molecule has 1 aliphatic heterocycles. The van der Waals surface area contributed by atoms with Crippen molar-refractivity contribution < 1.29 is 14.2 Å². The molecule has 18 heavy (non-hydrogen) atoms. The molecule has 0 aromatic heterocycles. The summed E-state index contributed by atoms with van der Waals surface area (Å²) in [6, 6.07) is 8.56. The maximum Gasteiger partial charge on any atom is 0.171 e. The SMILES string of the molecule is COC(OC)C(C)NC1CCOc2ccccc21. The van der Waals surface area contributed by atoms with Gasteiger partial charge in [-0.25, -0.2) is 0 Å². The standard InChI is InChI=1S/C14H21NO3/c1-10(14(16-2)17-3)15-12-8-9-18-13-7-5-4-6-11(12)13/h4-7,10,12,14-15H,8-9H2,1-3H3. The molecule has 0 saturated heterocycles. The van der Waals surface area contributed by atoms with E-state index in [4.69, 9.17) is 14.2 Å². The van der Waals surface area contributed by atoms with Crippen LogP contribution in [0.2, 0.25) is 0 Å². The van der Waals surface area contributed by atoms with Crippen LogP contribution in [-0.4, -0.2) is 33.2 Å². The van der Waals surface area contributed by atoms with Gasteiger partial charge in [-0.2, -0.15) is 0 Å². The lowest BCUT2D eigenvalue weighted by Gasteiger charge is -2.31. The van der Waals surface area contributed by atoms with E-state index in [-0.39, 0.29) is 18.4 Å². The topological polar surface area (TPSA) is 39.7 Å². The van der Waals surface area contributed by atoms with E-state index in [9.17, 15) is 0 Å². The quantitative estimate of drug-likeness (QED) is 0.814. The Morgan fingerprint density at radius 2 is 2.00 bits per heavy atom. The highest BCUT2D eigenvalue weighted by molar-refractivity contribution is 5.37. The summed E-state index contributed by atoms with van der Waals surface area (Å²) < 4.78 is 16.2. The van der Waals surface area contributed by atoms with Gasteiger partial charge in [0.25, 0.3) is 0 Å². The molecular formula is C14H21NO3. The van der Waals surface area contributed by atoms with Gasteiger partial charge in [0.1, 0.15) is 5.75 Å². The van der Waals surface area contributed by atoms with Crippen molar-refractivity contribution in [3.8, 4) is 5.75 Å². The average Bonchev–Trinajstić information content (AvgIpc) is 2.40. The van der Waals surface area contributed by atoms with Crippen molar-refractivity contribution in [3.63, 3.8) is 0 Å². The third kappa shape index (κ3) is 2.83. The molecule has 1 N–H and O–H groups in total. The van der Waals surface area contributed by atoms with Gasteiger partial charge in [-0.05, 0) is 13.0 Å². The van der Waals surface area contributed by atoms with Crippen molar-refractivity contribution in [2.75, 3.05) is 20.8 Å². The highest BCUT2D eigenvalue weighted by Crippen LogP contribution is 2.31. The number of nitrogens with one attached hydrogen (secondary N) is 1. The highest BCUT2D eigenvalue weighted by Gasteiger charge is 2.25. The van der Waals surface area contributed by atoms with E-state index in [1.54, 1.807) is 14.2 Å².